The second-order valence-corrected chi connectivity index (χ2v) is 3.98. The number of amides is 1. The summed E-state index contributed by atoms with van der Waals surface area (Å²) in [6.45, 7) is 2.62. The molecule has 0 bridgehead atoms. The molecule has 2 atom stereocenters. The van der Waals surface area contributed by atoms with E-state index in [1.54, 1.807) is 7.05 Å². The number of methoxy groups -OCH3 is 1. The van der Waals surface area contributed by atoms with Crippen LogP contribution in [-0.2, 0) is 19.1 Å². The van der Waals surface area contributed by atoms with Crippen LogP contribution in [0.3, 0.4) is 0 Å². The van der Waals surface area contributed by atoms with E-state index in [2.05, 4.69) is 4.74 Å². The first kappa shape index (κ1) is 13.0. The lowest BCUT2D eigenvalue weighted by molar-refractivity contribution is -0.148. The molecule has 1 aliphatic heterocycles. The van der Waals surface area contributed by atoms with Crippen LogP contribution in [0.2, 0.25) is 0 Å². The van der Waals surface area contributed by atoms with Crippen molar-refractivity contribution in [2.75, 3.05) is 27.3 Å². The summed E-state index contributed by atoms with van der Waals surface area (Å²) < 4.78 is 9.98. The SMILES string of the molecule is CCC1OCCC1C(=O)N(C)CC(=O)OC. The molecule has 1 fully saturated rings. The van der Waals surface area contributed by atoms with E-state index >= 15 is 0 Å². The smallest absolute Gasteiger partial charge is 0.325 e. The van der Waals surface area contributed by atoms with Crippen molar-refractivity contribution in [3.63, 3.8) is 0 Å². The van der Waals surface area contributed by atoms with Crippen molar-refractivity contribution in [2.45, 2.75) is 25.9 Å². The zero-order valence-corrected chi connectivity index (χ0v) is 10.1. The van der Waals surface area contributed by atoms with E-state index in [0.717, 1.165) is 12.8 Å². The van der Waals surface area contributed by atoms with Gasteiger partial charge in [-0.3, -0.25) is 9.59 Å². The van der Waals surface area contributed by atoms with Crippen LogP contribution >= 0.6 is 0 Å². The maximum Gasteiger partial charge on any atom is 0.325 e. The Morgan fingerprint density at radius 1 is 1.50 bits per heavy atom. The molecule has 1 heterocycles. The summed E-state index contributed by atoms with van der Waals surface area (Å²) in [5, 5.41) is 0. The minimum absolute atomic E-state index is 0.00225. The first-order valence-corrected chi connectivity index (χ1v) is 5.53. The average Bonchev–Trinajstić information content (AvgIpc) is 2.75. The van der Waals surface area contributed by atoms with Crippen molar-refractivity contribution in [1.82, 2.24) is 4.90 Å². The summed E-state index contributed by atoms with van der Waals surface area (Å²) in [5.74, 6) is -0.544. The fourth-order valence-corrected chi connectivity index (χ4v) is 1.95. The molecule has 1 amide bonds. The van der Waals surface area contributed by atoms with Gasteiger partial charge in [-0.15, -0.1) is 0 Å². The number of rotatable bonds is 4. The maximum absolute atomic E-state index is 12.0. The van der Waals surface area contributed by atoms with Gasteiger partial charge in [0.1, 0.15) is 6.54 Å². The number of esters is 1. The molecule has 0 saturated carbocycles. The molecule has 16 heavy (non-hydrogen) atoms. The third-order valence-corrected chi connectivity index (χ3v) is 2.90. The molecule has 0 radical (unpaired) electrons. The topological polar surface area (TPSA) is 55.8 Å². The molecular formula is C11H19NO4. The van der Waals surface area contributed by atoms with Crippen molar-refractivity contribution < 1.29 is 19.1 Å². The summed E-state index contributed by atoms with van der Waals surface area (Å²) in [6, 6.07) is 0. The van der Waals surface area contributed by atoms with Gasteiger partial charge in [-0.2, -0.15) is 0 Å². The summed E-state index contributed by atoms with van der Waals surface area (Å²) in [4.78, 5) is 24.5. The van der Waals surface area contributed by atoms with Gasteiger partial charge in [0.2, 0.25) is 5.91 Å². The van der Waals surface area contributed by atoms with Gasteiger partial charge in [-0.1, -0.05) is 6.92 Å². The number of ether oxygens (including phenoxy) is 2. The predicted molar refractivity (Wildman–Crippen MR) is 57.8 cm³/mol. The number of hydrogen-bond acceptors (Lipinski definition) is 4. The summed E-state index contributed by atoms with van der Waals surface area (Å²) in [6.07, 6.45) is 1.55. The lowest BCUT2D eigenvalue weighted by Crippen LogP contribution is -2.39. The third-order valence-electron chi connectivity index (χ3n) is 2.90. The summed E-state index contributed by atoms with van der Waals surface area (Å²) >= 11 is 0. The van der Waals surface area contributed by atoms with Crippen LogP contribution in [0.5, 0.6) is 0 Å². The zero-order chi connectivity index (χ0) is 12.1. The predicted octanol–water partition coefficient (Wildman–Crippen LogP) is 0.433. The van der Waals surface area contributed by atoms with Crippen LogP contribution in [0.25, 0.3) is 0 Å². The van der Waals surface area contributed by atoms with Gasteiger partial charge in [-0.05, 0) is 12.8 Å². The van der Waals surface area contributed by atoms with Gasteiger partial charge in [-0.25, -0.2) is 0 Å². The van der Waals surface area contributed by atoms with Crippen molar-refractivity contribution >= 4 is 11.9 Å². The number of nitrogens with zero attached hydrogens (tertiary/aromatic N) is 1. The van der Waals surface area contributed by atoms with Crippen LogP contribution < -0.4 is 0 Å². The van der Waals surface area contributed by atoms with Crippen molar-refractivity contribution in [3.8, 4) is 0 Å². The lowest BCUT2D eigenvalue weighted by atomic mass is 9.98. The fraction of sp³-hybridized carbons (Fsp3) is 0.818. The second-order valence-electron chi connectivity index (χ2n) is 3.98. The molecule has 5 nitrogen and oxygen atoms in total. The van der Waals surface area contributed by atoms with Gasteiger partial charge >= 0.3 is 5.97 Å². The van der Waals surface area contributed by atoms with E-state index in [1.807, 2.05) is 6.92 Å². The fourth-order valence-electron chi connectivity index (χ4n) is 1.95. The molecule has 5 heteroatoms. The first-order chi connectivity index (χ1) is 7.60. The Hall–Kier alpha value is -1.10. The van der Waals surface area contributed by atoms with Crippen molar-refractivity contribution in [3.05, 3.63) is 0 Å². The average molecular weight is 229 g/mol. The highest BCUT2D eigenvalue weighted by Crippen LogP contribution is 2.24. The normalized spacial score (nSPS) is 24.2. The minimum Gasteiger partial charge on any atom is -0.468 e. The Balaban J connectivity index is 2.52. The molecule has 0 aliphatic carbocycles. The van der Waals surface area contributed by atoms with Gasteiger partial charge < -0.3 is 14.4 Å². The second kappa shape index (κ2) is 5.84. The number of likely N-dealkylation sites (N-methyl/N-ethyl adjacent to an activating group) is 1. The molecule has 1 aliphatic rings. The van der Waals surface area contributed by atoms with Crippen LogP contribution in [-0.4, -0.2) is 50.2 Å². The van der Waals surface area contributed by atoms with Gasteiger partial charge in [0.25, 0.3) is 0 Å². The molecule has 2 unspecified atom stereocenters. The molecular weight excluding hydrogens is 210 g/mol. The molecule has 0 aromatic carbocycles. The monoisotopic (exact) mass is 229 g/mol. The molecule has 92 valence electrons. The van der Waals surface area contributed by atoms with E-state index in [1.165, 1.54) is 12.0 Å². The van der Waals surface area contributed by atoms with Crippen LogP contribution in [0, 0.1) is 5.92 Å². The molecule has 1 rings (SSSR count). The largest absolute Gasteiger partial charge is 0.468 e. The highest BCUT2D eigenvalue weighted by atomic mass is 16.5. The molecule has 0 spiro atoms. The lowest BCUT2D eigenvalue weighted by Gasteiger charge is -2.22. The Morgan fingerprint density at radius 3 is 2.75 bits per heavy atom. The third kappa shape index (κ3) is 2.95. The Bertz CT molecular complexity index is 267. The summed E-state index contributed by atoms with van der Waals surface area (Å²) in [5.41, 5.74) is 0. The Morgan fingerprint density at radius 2 is 2.19 bits per heavy atom. The minimum atomic E-state index is -0.400. The van der Waals surface area contributed by atoms with Crippen LogP contribution in [0.4, 0.5) is 0 Å². The molecule has 0 N–H and O–H groups in total. The maximum atomic E-state index is 12.0. The standard InChI is InChI=1S/C11H19NO4/c1-4-9-8(5-6-16-9)11(14)12(2)7-10(13)15-3/h8-9H,4-7H2,1-3H3. The van der Waals surface area contributed by atoms with Crippen LogP contribution in [0.1, 0.15) is 19.8 Å². The number of carbonyl (C=O) groups is 2. The van der Waals surface area contributed by atoms with Gasteiger partial charge in [0.15, 0.2) is 0 Å². The number of carbonyl (C=O) groups excluding carboxylic acids is 2. The molecule has 1 saturated heterocycles. The molecule has 0 aromatic rings. The van der Waals surface area contributed by atoms with Gasteiger partial charge in [0, 0.05) is 13.7 Å². The van der Waals surface area contributed by atoms with E-state index in [0.29, 0.717) is 6.61 Å². The van der Waals surface area contributed by atoms with Crippen LogP contribution in [0.15, 0.2) is 0 Å². The Labute approximate surface area is 95.7 Å². The highest BCUT2D eigenvalue weighted by molar-refractivity contribution is 5.84. The van der Waals surface area contributed by atoms with E-state index < -0.39 is 5.97 Å². The van der Waals surface area contributed by atoms with Gasteiger partial charge in [0.05, 0.1) is 19.1 Å². The quantitative estimate of drug-likeness (QED) is 0.656. The van der Waals surface area contributed by atoms with Crippen molar-refractivity contribution in [1.29, 1.82) is 0 Å². The van der Waals surface area contributed by atoms with E-state index in [9.17, 15) is 9.59 Å². The summed E-state index contributed by atoms with van der Waals surface area (Å²) in [7, 11) is 2.93. The van der Waals surface area contributed by atoms with E-state index in [-0.39, 0.29) is 24.5 Å². The zero-order valence-electron chi connectivity index (χ0n) is 10.1. The van der Waals surface area contributed by atoms with Crippen molar-refractivity contribution in [2.24, 2.45) is 5.92 Å². The number of hydrogen-bond donors (Lipinski definition) is 0. The highest BCUT2D eigenvalue weighted by Gasteiger charge is 2.34. The first-order valence-electron chi connectivity index (χ1n) is 5.53. The Kier molecular flexibility index (Phi) is 4.73. The molecule has 0 aromatic heterocycles. The van der Waals surface area contributed by atoms with E-state index in [4.69, 9.17) is 4.74 Å².